The fourth-order valence-electron chi connectivity index (χ4n) is 6.86. The predicted octanol–water partition coefficient (Wildman–Crippen LogP) is 3.52. The Morgan fingerprint density at radius 2 is 2.13 bits per heavy atom. The number of aromatic nitrogens is 2. The van der Waals surface area contributed by atoms with E-state index >= 15 is 0 Å². The van der Waals surface area contributed by atoms with Gasteiger partial charge in [-0.2, -0.15) is 15.2 Å². The van der Waals surface area contributed by atoms with Gasteiger partial charge in [-0.3, -0.25) is 4.79 Å². The molecule has 6 rings (SSSR count). The van der Waals surface area contributed by atoms with Crippen molar-refractivity contribution in [1.29, 1.82) is 5.26 Å². The summed E-state index contributed by atoms with van der Waals surface area (Å²) >= 11 is 0. The van der Waals surface area contributed by atoms with E-state index in [1.807, 2.05) is 0 Å². The van der Waals surface area contributed by atoms with E-state index in [2.05, 4.69) is 65.9 Å². The van der Waals surface area contributed by atoms with Crippen LogP contribution in [0.3, 0.4) is 0 Å². The van der Waals surface area contributed by atoms with E-state index in [-0.39, 0.29) is 23.8 Å². The Morgan fingerprint density at radius 1 is 1.26 bits per heavy atom. The third-order valence-corrected chi connectivity index (χ3v) is 9.08. The van der Waals surface area contributed by atoms with Crippen LogP contribution in [0.2, 0.25) is 0 Å². The van der Waals surface area contributed by atoms with Crippen LogP contribution >= 0.6 is 0 Å². The summed E-state index contributed by atoms with van der Waals surface area (Å²) in [7, 11) is 2.15. The number of nitriles is 1. The maximum Gasteiger partial charge on any atom is 0.318 e. The van der Waals surface area contributed by atoms with Crippen molar-refractivity contribution in [3.63, 3.8) is 0 Å². The summed E-state index contributed by atoms with van der Waals surface area (Å²) in [6.07, 6.45) is 11.2. The minimum absolute atomic E-state index is 0.0590. The van der Waals surface area contributed by atoms with E-state index in [1.54, 1.807) is 4.90 Å². The van der Waals surface area contributed by atoms with Gasteiger partial charge in [0.25, 0.3) is 0 Å². The van der Waals surface area contributed by atoms with E-state index in [9.17, 15) is 10.1 Å². The summed E-state index contributed by atoms with van der Waals surface area (Å²) in [6, 6.07) is 11.5. The molecule has 3 atom stereocenters. The highest BCUT2D eigenvalue weighted by molar-refractivity contribution is 5.87. The van der Waals surface area contributed by atoms with Gasteiger partial charge in [0.15, 0.2) is 0 Å². The molecule has 39 heavy (non-hydrogen) atoms. The Kier molecular flexibility index (Phi) is 6.86. The molecule has 8 nitrogen and oxygen atoms in total. The number of likely N-dealkylation sites (tertiary alicyclic amines) is 1. The number of nitrogens with zero attached hydrogens (tertiary/aromatic N) is 6. The Balaban J connectivity index is 1.34. The van der Waals surface area contributed by atoms with Gasteiger partial charge in [0, 0.05) is 43.1 Å². The van der Waals surface area contributed by atoms with Crippen molar-refractivity contribution in [2.45, 2.75) is 56.0 Å². The molecule has 0 bridgehead atoms. The first-order valence-corrected chi connectivity index (χ1v) is 14.1. The molecule has 0 N–H and O–H groups in total. The molecular formula is C31H36N6O2. The SMILES string of the molecule is C=CC(=O)N1CCN(c2nc(OC[C@@H]3CCCN3C)nc3c2CC[C@]2(C=Cc4ccccc42)C3)C[C@@H]1CC#N. The van der Waals surface area contributed by atoms with Crippen LogP contribution in [0.25, 0.3) is 6.08 Å². The van der Waals surface area contributed by atoms with Crippen molar-refractivity contribution >= 4 is 17.8 Å². The molecule has 3 heterocycles. The number of benzene rings is 1. The number of hydrogen-bond acceptors (Lipinski definition) is 7. The number of likely N-dealkylation sites (N-methyl/N-ethyl adjacent to an activating group) is 1. The minimum Gasteiger partial charge on any atom is -0.462 e. The Labute approximate surface area is 230 Å². The molecule has 202 valence electrons. The molecule has 1 amide bonds. The zero-order chi connectivity index (χ0) is 27.0. The van der Waals surface area contributed by atoms with Crippen LogP contribution in [0.4, 0.5) is 5.82 Å². The van der Waals surface area contributed by atoms with Gasteiger partial charge in [-0.25, -0.2) is 0 Å². The standard InChI is InChI=1S/C31H36N6O2/c1-3-28(38)37-18-17-36(20-23(37)12-15-32)29-25-11-14-31(13-10-22-7-4-5-9-26(22)31)19-27(25)33-30(34-29)39-21-24-8-6-16-35(24)2/h3-5,7,9-10,13,23-24H,1,6,8,11-12,14,16-21H2,2H3/t23-,24-,31+/m0/s1. The zero-order valence-corrected chi connectivity index (χ0v) is 22.7. The number of hydrogen-bond donors (Lipinski definition) is 0. The normalized spacial score (nSPS) is 25.8. The summed E-state index contributed by atoms with van der Waals surface area (Å²) in [5.41, 5.74) is 4.82. The van der Waals surface area contributed by atoms with Crippen LogP contribution in [0.5, 0.6) is 6.01 Å². The zero-order valence-electron chi connectivity index (χ0n) is 22.7. The van der Waals surface area contributed by atoms with Crippen LogP contribution in [0, 0.1) is 11.3 Å². The van der Waals surface area contributed by atoms with E-state index in [0.717, 1.165) is 43.7 Å². The van der Waals surface area contributed by atoms with Gasteiger partial charge < -0.3 is 19.4 Å². The maximum atomic E-state index is 12.5. The van der Waals surface area contributed by atoms with Crippen molar-refractivity contribution in [3.8, 4) is 12.1 Å². The van der Waals surface area contributed by atoms with E-state index in [0.29, 0.717) is 38.3 Å². The van der Waals surface area contributed by atoms with Crippen molar-refractivity contribution in [2.75, 3.05) is 44.7 Å². The van der Waals surface area contributed by atoms with Crippen molar-refractivity contribution in [1.82, 2.24) is 19.8 Å². The van der Waals surface area contributed by atoms with Crippen molar-refractivity contribution in [3.05, 3.63) is 65.4 Å². The monoisotopic (exact) mass is 524 g/mol. The lowest BCUT2D eigenvalue weighted by molar-refractivity contribution is -0.128. The molecule has 8 heteroatoms. The van der Waals surface area contributed by atoms with Crippen LogP contribution in [-0.4, -0.2) is 77.6 Å². The second-order valence-corrected chi connectivity index (χ2v) is 11.3. The number of carbonyl (C=O) groups excluding carboxylic acids is 1. The third-order valence-electron chi connectivity index (χ3n) is 9.08. The molecular weight excluding hydrogens is 488 g/mol. The van der Waals surface area contributed by atoms with E-state index < -0.39 is 0 Å². The molecule has 1 aromatic carbocycles. The number of anilines is 1. The lowest BCUT2D eigenvalue weighted by atomic mass is 9.70. The van der Waals surface area contributed by atoms with Gasteiger partial charge in [0.2, 0.25) is 5.91 Å². The maximum absolute atomic E-state index is 12.5. The van der Waals surface area contributed by atoms with Crippen LogP contribution in [-0.2, 0) is 23.1 Å². The minimum atomic E-state index is -0.212. The van der Waals surface area contributed by atoms with Crippen LogP contribution in [0.15, 0.2) is 43.0 Å². The second-order valence-electron chi connectivity index (χ2n) is 11.3. The summed E-state index contributed by atoms with van der Waals surface area (Å²) < 4.78 is 6.29. The summed E-state index contributed by atoms with van der Waals surface area (Å²) in [6.45, 7) is 7.03. The number of allylic oxidation sites excluding steroid dienone is 1. The van der Waals surface area contributed by atoms with Crippen LogP contribution in [0.1, 0.15) is 48.1 Å². The summed E-state index contributed by atoms with van der Waals surface area (Å²) in [5.74, 6) is 0.770. The van der Waals surface area contributed by atoms with Crippen molar-refractivity contribution in [2.24, 2.45) is 0 Å². The highest BCUT2D eigenvalue weighted by Crippen LogP contribution is 2.46. The molecule has 0 saturated carbocycles. The number of piperazine rings is 1. The molecule has 2 saturated heterocycles. The molecule has 1 aromatic heterocycles. The average Bonchev–Trinajstić information content (AvgIpc) is 3.54. The number of fused-ring (bicyclic) bond motifs is 3. The fraction of sp³-hybridized carbons (Fsp3) is 0.484. The Bertz CT molecular complexity index is 1350. The predicted molar refractivity (Wildman–Crippen MR) is 150 cm³/mol. The number of ether oxygens (including phenoxy) is 1. The third kappa shape index (κ3) is 4.70. The second kappa shape index (κ2) is 10.5. The van der Waals surface area contributed by atoms with Crippen LogP contribution < -0.4 is 9.64 Å². The van der Waals surface area contributed by atoms with Crippen molar-refractivity contribution < 1.29 is 9.53 Å². The molecule has 1 spiro atoms. The summed E-state index contributed by atoms with van der Waals surface area (Å²) in [5, 5.41) is 9.49. The molecule has 0 unspecified atom stereocenters. The Hall–Kier alpha value is -3.70. The number of amides is 1. The van der Waals surface area contributed by atoms with Gasteiger partial charge >= 0.3 is 6.01 Å². The first kappa shape index (κ1) is 25.6. The smallest absolute Gasteiger partial charge is 0.318 e. The number of rotatable bonds is 6. The van der Waals surface area contributed by atoms with Gasteiger partial charge in [-0.1, -0.05) is 43.0 Å². The first-order valence-electron chi connectivity index (χ1n) is 14.1. The highest BCUT2D eigenvalue weighted by Gasteiger charge is 2.41. The first-order chi connectivity index (χ1) is 19.0. The average molecular weight is 525 g/mol. The highest BCUT2D eigenvalue weighted by atomic mass is 16.5. The molecule has 2 aliphatic carbocycles. The van der Waals surface area contributed by atoms with Gasteiger partial charge in [0.05, 0.1) is 24.2 Å². The molecule has 2 aromatic rings. The van der Waals surface area contributed by atoms with Gasteiger partial charge in [-0.05, 0) is 56.5 Å². The van der Waals surface area contributed by atoms with E-state index in [1.165, 1.54) is 29.2 Å². The van der Waals surface area contributed by atoms with Gasteiger partial charge in [-0.15, -0.1) is 0 Å². The lowest BCUT2D eigenvalue weighted by Gasteiger charge is -2.42. The fourth-order valence-corrected chi connectivity index (χ4v) is 6.86. The van der Waals surface area contributed by atoms with E-state index in [4.69, 9.17) is 14.7 Å². The summed E-state index contributed by atoms with van der Waals surface area (Å²) in [4.78, 5) is 28.8. The molecule has 2 fully saturated rings. The molecule has 4 aliphatic rings. The molecule has 0 radical (unpaired) electrons. The number of carbonyl (C=O) groups is 1. The largest absolute Gasteiger partial charge is 0.462 e. The quantitative estimate of drug-likeness (QED) is 0.535. The lowest BCUT2D eigenvalue weighted by Crippen LogP contribution is -2.55. The topological polar surface area (TPSA) is 85.6 Å². The Morgan fingerprint density at radius 3 is 2.92 bits per heavy atom. The van der Waals surface area contributed by atoms with Gasteiger partial charge in [0.1, 0.15) is 12.4 Å². The molecule has 2 aliphatic heterocycles.